The molecule has 0 amide bonds. The zero-order chi connectivity index (χ0) is 41.5. The molecular weight excluding hydrogens is 871 g/mol. The van der Waals surface area contributed by atoms with Crippen LogP contribution in [0.25, 0.3) is 45.6 Å². The quantitative estimate of drug-likeness (QED) is 0.135. The summed E-state index contributed by atoms with van der Waals surface area (Å²) in [5.41, 5.74) is 19.6. The summed E-state index contributed by atoms with van der Waals surface area (Å²) in [6.07, 6.45) is 11.9. The van der Waals surface area contributed by atoms with E-state index in [9.17, 15) is 0 Å². The van der Waals surface area contributed by atoms with E-state index < -0.39 is 24.4 Å². The predicted molar refractivity (Wildman–Crippen MR) is 252 cm³/mol. The normalized spacial score (nSPS) is 18.5. The van der Waals surface area contributed by atoms with E-state index in [1.165, 1.54) is 90.7 Å². The Morgan fingerprint density at radius 3 is 1.35 bits per heavy atom. The van der Waals surface area contributed by atoms with Crippen LogP contribution >= 0.6 is 17.0 Å². The fourth-order valence-corrected chi connectivity index (χ4v) is 25.9. The van der Waals surface area contributed by atoms with E-state index in [-0.39, 0.29) is 22.7 Å². The summed E-state index contributed by atoms with van der Waals surface area (Å²) in [4.78, 5) is 0. The molecule has 2 heterocycles. The number of aryl methyl sites for hydroxylation is 2. The maximum atomic E-state index is 7.55. The van der Waals surface area contributed by atoms with Gasteiger partial charge < -0.3 is 0 Å². The molecular formula is C54H55Cl2O2SiZr. The van der Waals surface area contributed by atoms with Crippen molar-refractivity contribution in [3.8, 4) is 22.3 Å². The standard InChI is InChI=1S/C54H55O2Si.2ClH.Zr/c1-53(2,3)49-25-23-47(55-49)41-29-43-39(27-35-19-13-21-37(35)51(43)33-15-9-7-10-16-33)45(41)31-57-32-46-40-28-36-20-14-22-38(36)52(34-17-11-8-12-18-34)44(40)30-42(46)48-24-26-50(56-48)54(4,5)6;;;/h7-12,15-18,23-30,45-46,57H,13-14,19-22,31-32H2,1-6H3;2*1H;/q;;;+2/p-2. The number of hydrogen-bond donors (Lipinski definition) is 0. The molecule has 6 heteroatoms. The second-order valence-electron chi connectivity index (χ2n) is 19.8. The van der Waals surface area contributed by atoms with Crippen molar-refractivity contribution in [1.29, 1.82) is 0 Å². The van der Waals surface area contributed by atoms with E-state index in [1.54, 1.807) is 0 Å². The number of benzene rings is 4. The van der Waals surface area contributed by atoms with Crippen LogP contribution in [0, 0.1) is 0 Å². The van der Waals surface area contributed by atoms with Crippen LogP contribution in [0.2, 0.25) is 12.1 Å². The van der Waals surface area contributed by atoms with Crippen molar-refractivity contribution in [2.45, 2.75) is 115 Å². The molecule has 2 atom stereocenters. The Hall–Kier alpha value is -3.40. The molecule has 6 aromatic rings. The first-order valence-electron chi connectivity index (χ1n) is 22.1. The second-order valence-corrected chi connectivity index (χ2v) is 43.3. The van der Waals surface area contributed by atoms with Gasteiger partial charge in [0.15, 0.2) is 0 Å². The SMILES string of the molecule is CC(C)(C)c1ccc(C2=Cc3c(cc4c(c3-c3ccccc3)CCC4)C2C[SiH](CC2C(c3ccc(C(C)(C)C)o3)=Cc3c2cc2c(c3-c3ccccc3)CCC2)[Zr]([Cl])[Cl])o1. The summed E-state index contributed by atoms with van der Waals surface area (Å²) in [6.45, 7) is 13.4. The molecule has 0 radical (unpaired) electrons. The van der Waals surface area contributed by atoms with Gasteiger partial charge in [-0.15, -0.1) is 0 Å². The summed E-state index contributed by atoms with van der Waals surface area (Å²) < 4.78 is 13.7. The molecule has 0 fully saturated rings. The van der Waals surface area contributed by atoms with Crippen molar-refractivity contribution < 1.29 is 27.4 Å². The van der Waals surface area contributed by atoms with Crippen LogP contribution in [0.5, 0.6) is 0 Å². The van der Waals surface area contributed by atoms with Crippen molar-refractivity contribution in [1.82, 2.24) is 0 Å². The molecule has 4 aliphatic carbocycles. The Kier molecular flexibility index (Phi) is 10.7. The van der Waals surface area contributed by atoms with Gasteiger partial charge in [-0.1, -0.05) is 0 Å². The fraction of sp³-hybridized carbons (Fsp3) is 0.333. The molecule has 4 aromatic carbocycles. The fourth-order valence-electron chi connectivity index (χ4n) is 10.8. The van der Waals surface area contributed by atoms with Crippen molar-refractivity contribution in [2.24, 2.45) is 0 Å². The average Bonchev–Trinajstić information content (AvgIpc) is 4.08. The number of rotatable bonds is 9. The van der Waals surface area contributed by atoms with Crippen LogP contribution < -0.4 is 0 Å². The van der Waals surface area contributed by atoms with Gasteiger partial charge in [0.1, 0.15) is 0 Å². The first-order chi connectivity index (χ1) is 28.8. The van der Waals surface area contributed by atoms with E-state index in [0.717, 1.165) is 60.8 Å². The minimum absolute atomic E-state index is 0.0866. The van der Waals surface area contributed by atoms with Gasteiger partial charge in [0.25, 0.3) is 0 Å². The Labute approximate surface area is 372 Å². The summed E-state index contributed by atoms with van der Waals surface area (Å²) >= 11 is -2.83. The van der Waals surface area contributed by atoms with Gasteiger partial charge in [-0.2, -0.15) is 0 Å². The molecule has 60 heavy (non-hydrogen) atoms. The minimum atomic E-state index is -2.83. The van der Waals surface area contributed by atoms with E-state index in [0.29, 0.717) is 0 Å². The summed E-state index contributed by atoms with van der Waals surface area (Å²) in [5, 5.41) is 0. The Balaban J connectivity index is 1.11. The van der Waals surface area contributed by atoms with Crippen LogP contribution in [0.3, 0.4) is 0 Å². The zero-order valence-electron chi connectivity index (χ0n) is 35.9. The number of allylic oxidation sites excluding steroid dienone is 2. The zero-order valence-corrected chi connectivity index (χ0v) is 41.0. The molecule has 305 valence electrons. The van der Waals surface area contributed by atoms with Crippen molar-refractivity contribution in [2.75, 3.05) is 0 Å². The van der Waals surface area contributed by atoms with Gasteiger partial charge in [-0.3, -0.25) is 0 Å². The molecule has 2 aromatic heterocycles. The molecule has 0 bridgehead atoms. The molecule has 0 N–H and O–H groups in total. The van der Waals surface area contributed by atoms with E-state index >= 15 is 0 Å². The van der Waals surface area contributed by atoms with Crippen molar-refractivity contribution in [3.63, 3.8) is 0 Å². The third-order valence-electron chi connectivity index (χ3n) is 13.8. The van der Waals surface area contributed by atoms with E-state index in [2.05, 4.69) is 151 Å². The molecule has 0 saturated heterocycles. The van der Waals surface area contributed by atoms with E-state index in [1.807, 2.05) is 0 Å². The number of fused-ring (bicyclic) bond motifs is 4. The second kappa shape index (κ2) is 15.7. The average molecular weight is 926 g/mol. The van der Waals surface area contributed by atoms with E-state index in [4.69, 9.17) is 25.9 Å². The molecule has 4 aliphatic rings. The molecule has 10 rings (SSSR count). The van der Waals surface area contributed by atoms with Crippen molar-refractivity contribution >= 4 is 46.2 Å². The van der Waals surface area contributed by atoms with Crippen LogP contribution in [0.15, 0.2) is 106 Å². The van der Waals surface area contributed by atoms with Crippen LogP contribution in [0.4, 0.5) is 0 Å². The van der Waals surface area contributed by atoms with Gasteiger partial charge in [0, 0.05) is 0 Å². The van der Waals surface area contributed by atoms with Crippen LogP contribution in [0.1, 0.15) is 134 Å². The van der Waals surface area contributed by atoms with Crippen molar-refractivity contribution in [3.05, 3.63) is 165 Å². The van der Waals surface area contributed by atoms with Crippen LogP contribution in [-0.4, -0.2) is 5.92 Å². The van der Waals surface area contributed by atoms with Gasteiger partial charge in [0.2, 0.25) is 0 Å². The van der Waals surface area contributed by atoms with Gasteiger partial charge in [0.05, 0.1) is 0 Å². The Bertz CT molecular complexity index is 2490. The topological polar surface area (TPSA) is 26.3 Å². The third-order valence-corrected chi connectivity index (χ3v) is 35.5. The first kappa shape index (κ1) is 40.7. The number of furan rings is 2. The number of hydrogen-bond acceptors (Lipinski definition) is 2. The molecule has 0 aliphatic heterocycles. The van der Waals surface area contributed by atoms with Gasteiger partial charge in [-0.25, -0.2) is 0 Å². The first-order valence-corrected chi connectivity index (χ1v) is 34.9. The summed E-state index contributed by atoms with van der Waals surface area (Å²) in [5.74, 6) is 2.61. The van der Waals surface area contributed by atoms with Gasteiger partial charge >= 0.3 is 375 Å². The van der Waals surface area contributed by atoms with Crippen LogP contribution in [-0.2, 0) is 55.0 Å². The summed E-state index contributed by atoms with van der Waals surface area (Å²) in [6, 6.07) is 38.2. The monoisotopic (exact) mass is 923 g/mol. The van der Waals surface area contributed by atoms with Gasteiger partial charge in [-0.05, 0) is 0 Å². The Morgan fingerprint density at radius 2 is 0.983 bits per heavy atom. The molecule has 0 spiro atoms. The third kappa shape index (κ3) is 7.30. The molecule has 2 unspecified atom stereocenters. The Morgan fingerprint density at radius 1 is 0.567 bits per heavy atom. The number of halogens is 2. The maximum absolute atomic E-state index is 7.55. The summed E-state index contributed by atoms with van der Waals surface area (Å²) in [7, 11) is 15.1. The molecule has 2 nitrogen and oxygen atoms in total. The predicted octanol–water partition coefficient (Wildman–Crippen LogP) is 15.4. The molecule has 0 saturated carbocycles.